The highest BCUT2D eigenvalue weighted by molar-refractivity contribution is 5.17. The molecule has 0 aromatic heterocycles. The summed E-state index contributed by atoms with van der Waals surface area (Å²) in [6.45, 7) is 0.671. The lowest BCUT2D eigenvalue weighted by Crippen LogP contribution is -2.77. The molecule has 6 unspecified atom stereocenters. The minimum absolute atomic E-state index is 0.288. The molecule has 8 heteroatoms. The Morgan fingerprint density at radius 1 is 1.10 bits per heavy atom. The van der Waals surface area contributed by atoms with Crippen molar-refractivity contribution in [1.82, 2.24) is 0 Å². The van der Waals surface area contributed by atoms with Gasteiger partial charge in [-0.15, -0.1) is 0 Å². The van der Waals surface area contributed by atoms with E-state index in [0.29, 0.717) is 26.2 Å². The Hall–Kier alpha value is -0.470. The molecular formula is C12H15F5O3. The zero-order valence-electron chi connectivity index (χ0n) is 10.6. The Bertz CT molecular complexity index is 435. The summed E-state index contributed by atoms with van der Waals surface area (Å²) >= 11 is 0. The molecule has 1 saturated heterocycles. The molecule has 1 aliphatic heterocycles. The first-order chi connectivity index (χ1) is 8.93. The Labute approximate surface area is 111 Å². The second-order valence-electron chi connectivity index (χ2n) is 6.31. The zero-order chi connectivity index (χ0) is 15.1. The predicted octanol–water partition coefficient (Wildman–Crippen LogP) is 2.07. The molecule has 2 N–H and O–H groups in total. The maximum Gasteiger partial charge on any atom is 0.449 e. The van der Waals surface area contributed by atoms with Crippen molar-refractivity contribution in [2.45, 2.75) is 55.8 Å². The molecule has 2 bridgehead atoms. The highest BCUT2D eigenvalue weighted by Gasteiger charge is 2.83. The first-order valence-corrected chi connectivity index (χ1v) is 6.50. The topological polar surface area (TPSA) is 49.7 Å². The Balaban J connectivity index is 2.10. The maximum absolute atomic E-state index is 14.1. The largest absolute Gasteiger partial charge is 0.449 e. The summed E-state index contributed by atoms with van der Waals surface area (Å²) in [5.41, 5.74) is -2.96. The number of ether oxygens (including phenoxy) is 1. The zero-order valence-corrected chi connectivity index (χ0v) is 10.6. The molecule has 0 aromatic rings. The number of rotatable bonds is 0. The monoisotopic (exact) mass is 302 g/mol. The maximum atomic E-state index is 14.1. The van der Waals surface area contributed by atoms with Gasteiger partial charge in [0.2, 0.25) is 0 Å². The van der Waals surface area contributed by atoms with Crippen LogP contribution >= 0.6 is 0 Å². The molecular weight excluding hydrogens is 287 g/mol. The summed E-state index contributed by atoms with van der Waals surface area (Å²) in [7, 11) is 0. The van der Waals surface area contributed by atoms with Crippen LogP contribution in [0.2, 0.25) is 0 Å². The SMILES string of the molecule is CC1(O)C2C3CCC(C3)C2OC(O)(C(F)(F)F)C1(F)F. The van der Waals surface area contributed by atoms with Crippen LogP contribution in [0.1, 0.15) is 26.2 Å². The molecule has 3 rings (SSSR count). The van der Waals surface area contributed by atoms with Gasteiger partial charge in [-0.25, -0.2) is 0 Å². The van der Waals surface area contributed by atoms with E-state index in [1.165, 1.54) is 0 Å². The van der Waals surface area contributed by atoms with E-state index in [1.54, 1.807) is 0 Å². The van der Waals surface area contributed by atoms with Crippen LogP contribution in [-0.4, -0.2) is 39.8 Å². The standard InChI is InChI=1S/C12H15F5O3/c1-9(18)7-5-2-3-6(4-5)8(7)20-11(19,10(9,13)14)12(15,16)17/h5-8,18-19H,2-4H2,1H3. The summed E-state index contributed by atoms with van der Waals surface area (Å²) in [6.07, 6.45) is -5.26. The van der Waals surface area contributed by atoms with Crippen molar-refractivity contribution in [1.29, 1.82) is 0 Å². The predicted molar refractivity (Wildman–Crippen MR) is 55.8 cm³/mol. The van der Waals surface area contributed by atoms with Gasteiger partial charge in [-0.05, 0) is 38.0 Å². The van der Waals surface area contributed by atoms with Crippen molar-refractivity contribution in [3.05, 3.63) is 0 Å². The summed E-state index contributed by atoms with van der Waals surface area (Å²) in [4.78, 5) is 0. The number of halogens is 5. The van der Waals surface area contributed by atoms with Gasteiger partial charge in [-0.3, -0.25) is 0 Å². The van der Waals surface area contributed by atoms with E-state index in [0.717, 1.165) is 0 Å². The van der Waals surface area contributed by atoms with Crippen molar-refractivity contribution >= 4 is 0 Å². The van der Waals surface area contributed by atoms with Crippen molar-refractivity contribution < 1.29 is 36.9 Å². The number of fused-ring (bicyclic) bond motifs is 5. The van der Waals surface area contributed by atoms with E-state index in [4.69, 9.17) is 0 Å². The Morgan fingerprint density at radius 3 is 2.20 bits per heavy atom. The molecule has 3 nitrogen and oxygen atoms in total. The van der Waals surface area contributed by atoms with Crippen molar-refractivity contribution in [2.75, 3.05) is 0 Å². The fourth-order valence-corrected chi connectivity index (χ4v) is 4.26. The average molecular weight is 302 g/mol. The first-order valence-electron chi connectivity index (χ1n) is 6.50. The third-order valence-corrected chi connectivity index (χ3v) is 5.24. The molecule has 0 amide bonds. The van der Waals surface area contributed by atoms with E-state index < -0.39 is 35.5 Å². The molecule has 2 saturated carbocycles. The molecule has 6 atom stereocenters. The number of hydrogen-bond donors (Lipinski definition) is 2. The fraction of sp³-hybridized carbons (Fsp3) is 1.00. The quantitative estimate of drug-likeness (QED) is 0.674. The highest BCUT2D eigenvalue weighted by Crippen LogP contribution is 2.64. The van der Waals surface area contributed by atoms with Gasteiger partial charge >= 0.3 is 17.9 Å². The van der Waals surface area contributed by atoms with Crippen LogP contribution in [0.4, 0.5) is 22.0 Å². The van der Waals surface area contributed by atoms with Gasteiger partial charge in [0, 0.05) is 5.92 Å². The van der Waals surface area contributed by atoms with Gasteiger partial charge in [-0.1, -0.05) is 0 Å². The third-order valence-electron chi connectivity index (χ3n) is 5.24. The summed E-state index contributed by atoms with van der Waals surface area (Å²) in [6, 6.07) is 0. The lowest BCUT2D eigenvalue weighted by molar-refractivity contribution is -0.494. The van der Waals surface area contributed by atoms with E-state index in [9.17, 15) is 32.2 Å². The van der Waals surface area contributed by atoms with Crippen molar-refractivity contribution in [3.8, 4) is 0 Å². The second kappa shape index (κ2) is 3.64. The van der Waals surface area contributed by atoms with Crippen LogP contribution in [-0.2, 0) is 4.74 Å². The van der Waals surface area contributed by atoms with E-state index in [-0.39, 0.29) is 11.8 Å². The van der Waals surface area contributed by atoms with Crippen LogP contribution in [0.5, 0.6) is 0 Å². The molecule has 116 valence electrons. The van der Waals surface area contributed by atoms with Crippen LogP contribution in [0.3, 0.4) is 0 Å². The van der Waals surface area contributed by atoms with Gasteiger partial charge in [0.05, 0.1) is 6.10 Å². The Kier molecular flexibility index (Phi) is 2.64. The van der Waals surface area contributed by atoms with Gasteiger partial charge in [0.15, 0.2) is 0 Å². The molecule has 2 aliphatic carbocycles. The van der Waals surface area contributed by atoms with Crippen molar-refractivity contribution in [2.24, 2.45) is 17.8 Å². The fourth-order valence-electron chi connectivity index (χ4n) is 4.26. The van der Waals surface area contributed by atoms with Crippen molar-refractivity contribution in [3.63, 3.8) is 0 Å². The number of hydrogen-bond acceptors (Lipinski definition) is 3. The molecule has 0 radical (unpaired) electrons. The van der Waals surface area contributed by atoms with Gasteiger partial charge in [0.25, 0.3) is 0 Å². The highest BCUT2D eigenvalue weighted by atomic mass is 19.4. The van der Waals surface area contributed by atoms with Gasteiger partial charge in [-0.2, -0.15) is 22.0 Å². The lowest BCUT2D eigenvalue weighted by Gasteiger charge is -2.55. The minimum Gasteiger partial charge on any atom is -0.383 e. The normalized spacial score (nSPS) is 54.0. The minimum atomic E-state index is -5.69. The van der Waals surface area contributed by atoms with E-state index >= 15 is 0 Å². The average Bonchev–Trinajstić information content (AvgIpc) is 2.85. The molecule has 0 aromatic carbocycles. The number of alkyl halides is 5. The van der Waals surface area contributed by atoms with E-state index in [2.05, 4.69) is 4.74 Å². The second-order valence-corrected chi connectivity index (χ2v) is 6.31. The van der Waals surface area contributed by atoms with Crippen LogP contribution in [0.15, 0.2) is 0 Å². The van der Waals surface area contributed by atoms with Crippen LogP contribution < -0.4 is 0 Å². The molecule has 0 spiro atoms. The summed E-state index contributed by atoms with van der Waals surface area (Å²) in [5, 5.41) is 19.6. The van der Waals surface area contributed by atoms with Crippen LogP contribution in [0, 0.1) is 17.8 Å². The summed E-state index contributed by atoms with van der Waals surface area (Å²) < 4.78 is 71.5. The van der Waals surface area contributed by atoms with Gasteiger partial charge < -0.3 is 14.9 Å². The smallest absolute Gasteiger partial charge is 0.383 e. The summed E-state index contributed by atoms with van der Waals surface area (Å²) in [5.74, 6) is -11.2. The molecule has 3 fully saturated rings. The molecule has 1 heterocycles. The van der Waals surface area contributed by atoms with Crippen LogP contribution in [0.25, 0.3) is 0 Å². The van der Waals surface area contributed by atoms with Gasteiger partial charge in [0.1, 0.15) is 5.60 Å². The third kappa shape index (κ3) is 1.40. The van der Waals surface area contributed by atoms with E-state index in [1.807, 2.05) is 0 Å². The molecule has 3 aliphatic rings. The molecule has 20 heavy (non-hydrogen) atoms. The first kappa shape index (κ1) is 14.5. The Morgan fingerprint density at radius 2 is 1.65 bits per heavy atom. The number of aliphatic hydroxyl groups is 2. The lowest BCUT2D eigenvalue weighted by atomic mass is 9.68.